The van der Waals surface area contributed by atoms with Crippen LogP contribution < -0.4 is 10.6 Å². The van der Waals surface area contributed by atoms with Crippen molar-refractivity contribution in [3.8, 4) is 0 Å². The first-order valence-electron chi connectivity index (χ1n) is 6.65. The molecular weight excluding hydrogens is 383 g/mol. The molecule has 0 amide bonds. The summed E-state index contributed by atoms with van der Waals surface area (Å²) in [5.74, 6) is 0.417. The zero-order chi connectivity index (χ0) is 14.8. The number of hydrogen-bond acceptors (Lipinski definition) is 4. The zero-order valence-corrected chi connectivity index (χ0v) is 15.0. The number of halogens is 1. The van der Waals surface area contributed by atoms with Gasteiger partial charge in [-0.3, -0.25) is 14.8 Å². The van der Waals surface area contributed by atoms with Gasteiger partial charge >= 0.3 is 5.97 Å². The van der Waals surface area contributed by atoms with Gasteiger partial charge in [-0.25, -0.2) is 0 Å². The Kier molecular flexibility index (Phi) is 10.6. The van der Waals surface area contributed by atoms with Crippen LogP contribution in [0.25, 0.3) is 0 Å². The summed E-state index contributed by atoms with van der Waals surface area (Å²) in [5.41, 5.74) is 0.926. The van der Waals surface area contributed by atoms with Crippen molar-refractivity contribution in [2.45, 2.75) is 32.9 Å². The maximum atomic E-state index is 11.4. The molecule has 2 N–H and O–H groups in total. The predicted molar refractivity (Wildman–Crippen MR) is 93.7 cm³/mol. The number of carbonyl (C=O) groups excluding carboxylic acids is 1. The highest BCUT2D eigenvalue weighted by molar-refractivity contribution is 14.0. The summed E-state index contributed by atoms with van der Waals surface area (Å²) in [7, 11) is 1.68. The number of pyridine rings is 1. The molecule has 118 valence electrons. The lowest BCUT2D eigenvalue weighted by molar-refractivity contribution is -0.147. The fraction of sp³-hybridized carbons (Fsp3) is 0.500. The molecule has 6 nitrogen and oxygen atoms in total. The summed E-state index contributed by atoms with van der Waals surface area (Å²) in [4.78, 5) is 19.7. The maximum Gasteiger partial charge on any atom is 0.307 e. The van der Waals surface area contributed by atoms with Gasteiger partial charge in [0.25, 0.3) is 0 Å². The second-order valence-electron chi connectivity index (χ2n) is 4.46. The normalized spacial score (nSPS) is 10.8. The summed E-state index contributed by atoms with van der Waals surface area (Å²) in [6, 6.07) is 5.74. The third-order valence-corrected chi connectivity index (χ3v) is 2.38. The standard InChI is InChI=1S/C14H22N4O2.HI/c1-11(2)20-13(19)7-9-17-14(15-3)18-10-12-6-4-5-8-16-12;/h4-6,8,11H,7,9-10H2,1-3H3,(H2,15,17,18);1H. The van der Waals surface area contributed by atoms with E-state index in [2.05, 4.69) is 20.6 Å². The fourth-order valence-electron chi connectivity index (χ4n) is 1.50. The van der Waals surface area contributed by atoms with E-state index in [-0.39, 0.29) is 36.0 Å². The molecule has 0 saturated carbocycles. The van der Waals surface area contributed by atoms with E-state index in [0.717, 1.165) is 5.69 Å². The second kappa shape index (κ2) is 11.3. The second-order valence-corrected chi connectivity index (χ2v) is 4.46. The topological polar surface area (TPSA) is 75.6 Å². The summed E-state index contributed by atoms with van der Waals surface area (Å²) < 4.78 is 5.05. The third-order valence-electron chi connectivity index (χ3n) is 2.38. The van der Waals surface area contributed by atoms with Crippen LogP contribution >= 0.6 is 24.0 Å². The Morgan fingerprint density at radius 2 is 2.14 bits per heavy atom. The van der Waals surface area contributed by atoms with Crippen molar-refractivity contribution >= 4 is 35.9 Å². The van der Waals surface area contributed by atoms with Gasteiger partial charge in [0.2, 0.25) is 0 Å². The molecular formula is C14H23IN4O2. The van der Waals surface area contributed by atoms with E-state index in [9.17, 15) is 4.79 Å². The Hall–Kier alpha value is -1.38. The zero-order valence-electron chi connectivity index (χ0n) is 12.6. The smallest absolute Gasteiger partial charge is 0.307 e. The number of rotatable bonds is 6. The lowest BCUT2D eigenvalue weighted by Crippen LogP contribution is -2.38. The average Bonchev–Trinajstić information content (AvgIpc) is 2.43. The molecule has 0 bridgehead atoms. The van der Waals surface area contributed by atoms with Crippen LogP contribution in [0.1, 0.15) is 26.0 Å². The number of esters is 1. The molecule has 0 aromatic carbocycles. The van der Waals surface area contributed by atoms with Gasteiger partial charge in [0.05, 0.1) is 24.8 Å². The molecule has 0 aliphatic rings. The molecule has 0 aliphatic heterocycles. The average molecular weight is 406 g/mol. The van der Waals surface area contributed by atoms with Crippen LogP contribution in [0.2, 0.25) is 0 Å². The highest BCUT2D eigenvalue weighted by Gasteiger charge is 2.05. The number of guanidine groups is 1. The van der Waals surface area contributed by atoms with E-state index >= 15 is 0 Å². The van der Waals surface area contributed by atoms with Crippen molar-refractivity contribution in [2.75, 3.05) is 13.6 Å². The number of nitrogens with zero attached hydrogens (tertiary/aromatic N) is 2. The molecule has 1 aromatic heterocycles. The molecule has 0 radical (unpaired) electrons. The van der Waals surface area contributed by atoms with Crippen LogP contribution in [0.5, 0.6) is 0 Å². The van der Waals surface area contributed by atoms with Gasteiger partial charge in [-0.15, -0.1) is 24.0 Å². The Morgan fingerprint density at radius 1 is 1.38 bits per heavy atom. The Labute approximate surface area is 142 Å². The first-order valence-corrected chi connectivity index (χ1v) is 6.65. The minimum atomic E-state index is -0.215. The summed E-state index contributed by atoms with van der Waals surface area (Å²) in [6.45, 7) is 4.72. The van der Waals surface area contributed by atoms with E-state index in [1.54, 1.807) is 13.2 Å². The molecule has 0 atom stereocenters. The lowest BCUT2D eigenvalue weighted by Gasteiger charge is -2.12. The highest BCUT2D eigenvalue weighted by Crippen LogP contribution is 1.93. The number of hydrogen-bond donors (Lipinski definition) is 2. The first kappa shape index (κ1) is 19.6. The SMILES string of the molecule is CN=C(NCCC(=O)OC(C)C)NCc1ccccn1.I. The number of ether oxygens (including phenoxy) is 1. The predicted octanol–water partition coefficient (Wildman–Crippen LogP) is 1.71. The van der Waals surface area contributed by atoms with Crippen LogP contribution in [0.15, 0.2) is 29.4 Å². The van der Waals surface area contributed by atoms with Gasteiger partial charge in [0, 0.05) is 19.8 Å². The van der Waals surface area contributed by atoms with Gasteiger partial charge in [0.1, 0.15) is 0 Å². The molecule has 1 rings (SSSR count). The van der Waals surface area contributed by atoms with Crippen LogP contribution in [0, 0.1) is 0 Å². The van der Waals surface area contributed by atoms with E-state index in [4.69, 9.17) is 4.74 Å². The molecule has 0 aliphatic carbocycles. The first-order chi connectivity index (χ1) is 9.61. The maximum absolute atomic E-state index is 11.4. The summed E-state index contributed by atoms with van der Waals surface area (Å²) in [5, 5.41) is 6.18. The van der Waals surface area contributed by atoms with Gasteiger partial charge in [-0.1, -0.05) is 6.07 Å². The van der Waals surface area contributed by atoms with Crippen molar-refractivity contribution < 1.29 is 9.53 Å². The fourth-order valence-corrected chi connectivity index (χ4v) is 1.50. The third kappa shape index (κ3) is 9.22. The minimum Gasteiger partial charge on any atom is -0.463 e. The Bertz CT molecular complexity index is 438. The van der Waals surface area contributed by atoms with Crippen molar-refractivity contribution in [1.82, 2.24) is 15.6 Å². The van der Waals surface area contributed by atoms with Crippen LogP contribution in [0.4, 0.5) is 0 Å². The lowest BCUT2D eigenvalue weighted by atomic mass is 10.3. The van der Waals surface area contributed by atoms with Gasteiger partial charge in [-0.2, -0.15) is 0 Å². The summed E-state index contributed by atoms with van der Waals surface area (Å²) >= 11 is 0. The minimum absolute atomic E-state index is 0. The van der Waals surface area contributed by atoms with E-state index < -0.39 is 0 Å². The molecule has 21 heavy (non-hydrogen) atoms. The van der Waals surface area contributed by atoms with Crippen LogP contribution in [0.3, 0.4) is 0 Å². The quantitative estimate of drug-likeness (QED) is 0.326. The number of carbonyl (C=O) groups is 1. The highest BCUT2D eigenvalue weighted by atomic mass is 127. The Morgan fingerprint density at radius 3 is 2.71 bits per heavy atom. The van der Waals surface area contributed by atoms with Crippen molar-refractivity contribution in [3.63, 3.8) is 0 Å². The van der Waals surface area contributed by atoms with Crippen LogP contribution in [-0.4, -0.2) is 36.6 Å². The van der Waals surface area contributed by atoms with Gasteiger partial charge in [0.15, 0.2) is 5.96 Å². The number of nitrogens with one attached hydrogen (secondary N) is 2. The van der Waals surface area contributed by atoms with Crippen LogP contribution in [-0.2, 0) is 16.1 Å². The monoisotopic (exact) mass is 406 g/mol. The summed E-state index contributed by atoms with van der Waals surface area (Å²) in [6.07, 6.45) is 1.97. The molecule has 0 fully saturated rings. The largest absolute Gasteiger partial charge is 0.463 e. The van der Waals surface area contributed by atoms with Crippen molar-refractivity contribution in [2.24, 2.45) is 4.99 Å². The van der Waals surface area contributed by atoms with Gasteiger partial charge < -0.3 is 15.4 Å². The number of aromatic nitrogens is 1. The Balaban J connectivity index is 0.00000400. The van der Waals surface area contributed by atoms with E-state index in [0.29, 0.717) is 25.5 Å². The van der Waals surface area contributed by atoms with Gasteiger partial charge in [-0.05, 0) is 26.0 Å². The molecule has 0 unspecified atom stereocenters. The molecule has 7 heteroatoms. The van der Waals surface area contributed by atoms with Crippen molar-refractivity contribution in [1.29, 1.82) is 0 Å². The molecule has 1 aromatic rings. The molecule has 0 spiro atoms. The van der Waals surface area contributed by atoms with E-state index in [1.807, 2.05) is 32.0 Å². The van der Waals surface area contributed by atoms with E-state index in [1.165, 1.54) is 0 Å². The van der Waals surface area contributed by atoms with Crippen molar-refractivity contribution in [3.05, 3.63) is 30.1 Å². The molecule has 0 saturated heterocycles. The number of aliphatic imine (C=N–C) groups is 1. The molecule has 1 heterocycles.